The highest BCUT2D eigenvalue weighted by atomic mass is 16.5. The van der Waals surface area contributed by atoms with Crippen molar-refractivity contribution in [1.82, 2.24) is 25.1 Å². The average Bonchev–Trinajstić information content (AvgIpc) is 3.35. The predicted molar refractivity (Wildman–Crippen MR) is 94.8 cm³/mol. The van der Waals surface area contributed by atoms with Gasteiger partial charge in [0.25, 0.3) is 0 Å². The lowest BCUT2D eigenvalue weighted by atomic mass is 10.2. The summed E-state index contributed by atoms with van der Waals surface area (Å²) in [5.74, 6) is 1.52. The Morgan fingerprint density at radius 3 is 3.15 bits per heavy atom. The Balaban J connectivity index is 1.35. The number of H-pyrrole nitrogens is 1. The Morgan fingerprint density at radius 2 is 2.31 bits per heavy atom. The third kappa shape index (κ3) is 3.41. The van der Waals surface area contributed by atoms with Gasteiger partial charge in [0, 0.05) is 13.0 Å². The number of para-hydroxylation sites is 2. The summed E-state index contributed by atoms with van der Waals surface area (Å²) < 4.78 is 13.3. The molecule has 1 aliphatic heterocycles. The van der Waals surface area contributed by atoms with E-state index in [2.05, 4.69) is 25.1 Å². The minimum atomic E-state index is -0.215. The van der Waals surface area contributed by atoms with Gasteiger partial charge in [0.2, 0.25) is 5.91 Å². The van der Waals surface area contributed by atoms with Crippen molar-refractivity contribution in [2.75, 3.05) is 13.2 Å². The number of aromatic nitrogens is 4. The van der Waals surface area contributed by atoms with Gasteiger partial charge in [0.1, 0.15) is 11.9 Å². The van der Waals surface area contributed by atoms with Crippen molar-refractivity contribution in [2.24, 2.45) is 0 Å². The number of aryl methyl sites for hydroxylation is 2. The molecule has 0 saturated carbocycles. The van der Waals surface area contributed by atoms with Crippen molar-refractivity contribution in [3.05, 3.63) is 42.5 Å². The van der Waals surface area contributed by atoms with Crippen molar-refractivity contribution in [3.63, 3.8) is 0 Å². The lowest BCUT2D eigenvalue weighted by Gasteiger charge is -2.19. The number of nitrogens with zero attached hydrogens (tertiary/aromatic N) is 3. The van der Waals surface area contributed by atoms with Crippen molar-refractivity contribution in [2.45, 2.75) is 32.0 Å². The van der Waals surface area contributed by atoms with Gasteiger partial charge < -0.3 is 19.4 Å². The summed E-state index contributed by atoms with van der Waals surface area (Å²) in [6, 6.07) is 7.78. The van der Waals surface area contributed by atoms with Crippen LogP contribution in [0.3, 0.4) is 0 Å². The number of nitrogens with one attached hydrogen (secondary N) is 2. The molecule has 1 aromatic carbocycles. The van der Waals surface area contributed by atoms with E-state index in [9.17, 15) is 4.79 Å². The third-order valence-corrected chi connectivity index (χ3v) is 4.54. The van der Waals surface area contributed by atoms with Crippen LogP contribution < -0.4 is 10.1 Å². The maximum absolute atomic E-state index is 12.4. The molecule has 3 heterocycles. The first-order valence-electron chi connectivity index (χ1n) is 8.65. The number of ether oxygens (including phenoxy) is 2. The molecule has 1 aliphatic rings. The molecule has 26 heavy (non-hydrogen) atoms. The molecule has 0 bridgehead atoms. The van der Waals surface area contributed by atoms with Crippen LogP contribution in [0.4, 0.5) is 0 Å². The van der Waals surface area contributed by atoms with E-state index < -0.39 is 0 Å². The second-order valence-corrected chi connectivity index (χ2v) is 6.35. The Kier molecular flexibility index (Phi) is 4.57. The molecule has 8 heteroatoms. The van der Waals surface area contributed by atoms with Crippen LogP contribution in [0.25, 0.3) is 11.0 Å². The summed E-state index contributed by atoms with van der Waals surface area (Å²) in [5.41, 5.74) is 1.99. The smallest absolute Gasteiger partial charge is 0.222 e. The summed E-state index contributed by atoms with van der Waals surface area (Å²) in [7, 11) is 0. The second-order valence-electron chi connectivity index (χ2n) is 6.35. The number of fused-ring (bicyclic) bond motifs is 1. The van der Waals surface area contributed by atoms with Crippen LogP contribution in [0.2, 0.25) is 0 Å². The molecule has 3 aromatic rings. The molecular weight excluding hydrogens is 334 g/mol. The first kappa shape index (κ1) is 16.6. The first-order chi connectivity index (χ1) is 12.7. The Morgan fingerprint density at radius 1 is 1.42 bits per heavy atom. The predicted octanol–water partition coefficient (Wildman–Crippen LogP) is 1.42. The number of carbonyl (C=O) groups excluding carboxylic acids is 1. The molecule has 2 N–H and O–H groups in total. The van der Waals surface area contributed by atoms with Crippen molar-refractivity contribution >= 4 is 16.9 Å². The van der Waals surface area contributed by atoms with Crippen molar-refractivity contribution in [1.29, 1.82) is 0 Å². The number of amides is 1. The van der Waals surface area contributed by atoms with Crippen LogP contribution >= 0.6 is 0 Å². The van der Waals surface area contributed by atoms with Gasteiger partial charge in [-0.25, -0.2) is 4.98 Å². The fourth-order valence-corrected chi connectivity index (χ4v) is 3.23. The number of rotatable bonds is 6. The number of imidazole rings is 1. The molecule has 1 fully saturated rings. The average molecular weight is 355 g/mol. The monoisotopic (exact) mass is 355 g/mol. The number of aromatic amines is 1. The van der Waals surface area contributed by atoms with Crippen LogP contribution in [-0.4, -0.2) is 51.0 Å². The number of hydrogen-bond acceptors (Lipinski definition) is 5. The summed E-state index contributed by atoms with van der Waals surface area (Å²) in [6.45, 7) is 3.43. The Labute approximate surface area is 150 Å². The second kappa shape index (κ2) is 7.17. The molecular formula is C18H21N5O3. The van der Waals surface area contributed by atoms with E-state index in [-0.39, 0.29) is 18.1 Å². The summed E-state index contributed by atoms with van der Waals surface area (Å²) in [5, 5.41) is 9.58. The maximum atomic E-state index is 12.4. The molecule has 2 atom stereocenters. The molecule has 0 spiro atoms. The highest BCUT2D eigenvalue weighted by Crippen LogP contribution is 2.17. The summed E-state index contributed by atoms with van der Waals surface area (Å²) >= 11 is 0. The molecule has 1 amide bonds. The van der Waals surface area contributed by atoms with E-state index in [0.29, 0.717) is 31.9 Å². The van der Waals surface area contributed by atoms with Gasteiger partial charge in [-0.3, -0.25) is 9.89 Å². The highest BCUT2D eigenvalue weighted by molar-refractivity contribution is 5.78. The largest absolute Gasteiger partial charge is 0.482 e. The Hall–Kier alpha value is -2.87. The van der Waals surface area contributed by atoms with E-state index in [0.717, 1.165) is 16.9 Å². The van der Waals surface area contributed by atoms with E-state index in [4.69, 9.17) is 9.47 Å². The van der Waals surface area contributed by atoms with Gasteiger partial charge in [-0.1, -0.05) is 12.1 Å². The van der Waals surface area contributed by atoms with Gasteiger partial charge >= 0.3 is 0 Å². The van der Waals surface area contributed by atoms with Gasteiger partial charge in [-0.15, -0.1) is 0 Å². The van der Waals surface area contributed by atoms with Gasteiger partial charge in [-0.05, 0) is 19.1 Å². The molecule has 0 aliphatic carbocycles. The van der Waals surface area contributed by atoms with E-state index >= 15 is 0 Å². The molecule has 136 valence electrons. The lowest BCUT2D eigenvalue weighted by Crippen LogP contribution is -2.45. The fourth-order valence-electron chi connectivity index (χ4n) is 3.23. The molecule has 0 unspecified atom stereocenters. The van der Waals surface area contributed by atoms with Crippen LogP contribution in [0, 0.1) is 6.92 Å². The standard InChI is InChI=1S/C18H21N5O3/c1-12-21-14-4-2-3-5-16(14)23(12)7-6-18(24)22-15-10-25-11-17(15)26-13-8-19-20-9-13/h2-5,8-9,15,17H,6-7,10-11H2,1H3,(H,19,20)(H,22,24)/t15-,17+/m0/s1. The van der Waals surface area contributed by atoms with Crippen molar-refractivity contribution < 1.29 is 14.3 Å². The zero-order valence-electron chi connectivity index (χ0n) is 14.5. The van der Waals surface area contributed by atoms with Crippen LogP contribution in [0.5, 0.6) is 5.75 Å². The van der Waals surface area contributed by atoms with E-state index in [1.54, 1.807) is 12.4 Å². The van der Waals surface area contributed by atoms with Crippen LogP contribution in [-0.2, 0) is 16.1 Å². The maximum Gasteiger partial charge on any atom is 0.222 e. The van der Waals surface area contributed by atoms with Gasteiger partial charge in [0.05, 0.1) is 42.7 Å². The quantitative estimate of drug-likeness (QED) is 0.697. The highest BCUT2D eigenvalue weighted by Gasteiger charge is 2.31. The normalized spacial score (nSPS) is 19.7. The lowest BCUT2D eigenvalue weighted by molar-refractivity contribution is -0.122. The topological polar surface area (TPSA) is 94.1 Å². The first-order valence-corrected chi connectivity index (χ1v) is 8.65. The molecule has 1 saturated heterocycles. The van der Waals surface area contributed by atoms with Crippen molar-refractivity contribution in [3.8, 4) is 5.75 Å². The molecule has 2 aromatic heterocycles. The number of hydrogen-bond donors (Lipinski definition) is 2. The summed E-state index contributed by atoms with van der Waals surface area (Å²) in [6.07, 6.45) is 3.43. The van der Waals surface area contributed by atoms with Crippen LogP contribution in [0.15, 0.2) is 36.7 Å². The van der Waals surface area contributed by atoms with Crippen LogP contribution in [0.1, 0.15) is 12.2 Å². The zero-order valence-corrected chi connectivity index (χ0v) is 14.5. The summed E-state index contributed by atoms with van der Waals surface area (Å²) in [4.78, 5) is 16.9. The van der Waals surface area contributed by atoms with Gasteiger partial charge in [0.15, 0.2) is 5.75 Å². The van der Waals surface area contributed by atoms with E-state index in [1.165, 1.54) is 0 Å². The number of carbonyl (C=O) groups is 1. The third-order valence-electron chi connectivity index (χ3n) is 4.54. The molecule has 8 nitrogen and oxygen atoms in total. The zero-order chi connectivity index (χ0) is 17.9. The SMILES string of the molecule is Cc1nc2ccccc2n1CCC(=O)N[C@H]1COC[C@H]1Oc1cn[nH]c1. The minimum Gasteiger partial charge on any atom is -0.482 e. The fraction of sp³-hybridized carbons (Fsp3) is 0.389. The van der Waals surface area contributed by atoms with E-state index in [1.807, 2.05) is 31.2 Å². The molecule has 4 rings (SSSR count). The molecule has 0 radical (unpaired) electrons. The van der Waals surface area contributed by atoms with Gasteiger partial charge in [-0.2, -0.15) is 5.10 Å². The minimum absolute atomic E-state index is 0.0292. The Bertz CT molecular complexity index is 890. The number of benzene rings is 1.